The quantitative estimate of drug-likeness (QED) is 0.0222. The van der Waals surface area contributed by atoms with E-state index in [1.807, 2.05) is 0 Å². The third-order valence-electron chi connectivity index (χ3n) is 16.4. The van der Waals surface area contributed by atoms with Gasteiger partial charge in [-0.05, 0) is 49.4 Å². The summed E-state index contributed by atoms with van der Waals surface area (Å²) >= 11 is 0. The number of carbonyl (C=O) groups is 4. The molecule has 0 saturated carbocycles. The third-order valence-corrected chi connectivity index (χ3v) is 18.3. The first-order valence-corrected chi connectivity index (χ1v) is 39.2. The van der Waals surface area contributed by atoms with E-state index in [1.165, 1.54) is 135 Å². The summed E-state index contributed by atoms with van der Waals surface area (Å²) in [6, 6.07) is 0. The molecule has 89 heavy (non-hydrogen) atoms. The van der Waals surface area contributed by atoms with Crippen LogP contribution in [-0.2, 0) is 65.4 Å². The van der Waals surface area contributed by atoms with Crippen LogP contribution < -0.4 is 0 Å². The minimum absolute atomic E-state index is 0.105. The van der Waals surface area contributed by atoms with Gasteiger partial charge >= 0.3 is 39.5 Å². The van der Waals surface area contributed by atoms with Gasteiger partial charge in [0, 0.05) is 25.7 Å². The minimum atomic E-state index is -4.95. The van der Waals surface area contributed by atoms with Crippen LogP contribution in [0.5, 0.6) is 0 Å². The molecule has 0 radical (unpaired) electrons. The molecule has 0 aliphatic heterocycles. The Kier molecular flexibility index (Phi) is 58.5. The number of phosphoric acid groups is 2. The van der Waals surface area contributed by atoms with E-state index in [0.29, 0.717) is 31.6 Å². The summed E-state index contributed by atoms with van der Waals surface area (Å²) in [6.07, 6.45) is 41.8. The van der Waals surface area contributed by atoms with Gasteiger partial charge in [-0.1, -0.05) is 293 Å². The lowest BCUT2D eigenvalue weighted by atomic mass is 10.00. The monoisotopic (exact) mass is 1310 g/mol. The second-order valence-corrected chi connectivity index (χ2v) is 29.8. The Morgan fingerprint density at radius 1 is 0.315 bits per heavy atom. The first-order valence-electron chi connectivity index (χ1n) is 36.2. The van der Waals surface area contributed by atoms with Crippen molar-refractivity contribution in [1.29, 1.82) is 0 Å². The van der Waals surface area contributed by atoms with Crippen molar-refractivity contribution >= 4 is 39.5 Å². The van der Waals surface area contributed by atoms with E-state index >= 15 is 0 Å². The summed E-state index contributed by atoms with van der Waals surface area (Å²) in [5.41, 5.74) is 0. The van der Waals surface area contributed by atoms with Gasteiger partial charge in [0.2, 0.25) is 0 Å². The molecule has 0 aromatic carbocycles. The van der Waals surface area contributed by atoms with E-state index in [9.17, 15) is 43.2 Å². The Balaban J connectivity index is 5.24. The molecule has 3 N–H and O–H groups in total. The van der Waals surface area contributed by atoms with Gasteiger partial charge in [0.25, 0.3) is 0 Å². The number of esters is 4. The SMILES string of the molecule is CCC(C)CCCCCCCCC(=O)OC[C@H](COP(=O)(O)OC[C@H](O)COP(=O)(O)OC[C@@H](COC(=O)CCCCCCCCC(C)C)OC(=O)CCCCCCCCCCCCCCC(C)C)OC(=O)CCCCCCCCCCCCCCC(C)C. The van der Waals surface area contributed by atoms with Crippen LogP contribution in [0.15, 0.2) is 0 Å². The molecule has 3 unspecified atom stereocenters. The molecule has 0 aliphatic carbocycles. The van der Waals surface area contributed by atoms with Crippen LogP contribution >= 0.6 is 15.6 Å². The average molecular weight is 1310 g/mol. The van der Waals surface area contributed by atoms with Crippen LogP contribution in [0.2, 0.25) is 0 Å². The van der Waals surface area contributed by atoms with E-state index in [2.05, 4.69) is 55.4 Å². The fraction of sp³-hybridized carbons (Fsp3) is 0.943. The van der Waals surface area contributed by atoms with Crippen LogP contribution in [0.4, 0.5) is 0 Å². The molecule has 0 fully saturated rings. The van der Waals surface area contributed by atoms with Crippen LogP contribution in [0.1, 0.15) is 344 Å². The number of phosphoric ester groups is 2. The number of carbonyl (C=O) groups excluding carboxylic acids is 4. The summed E-state index contributed by atoms with van der Waals surface area (Å²) in [4.78, 5) is 72.5. The fourth-order valence-corrected chi connectivity index (χ4v) is 12.0. The van der Waals surface area contributed by atoms with Gasteiger partial charge in [0.15, 0.2) is 12.2 Å². The number of unbranched alkanes of at least 4 members (excludes halogenated alkanes) is 32. The van der Waals surface area contributed by atoms with Gasteiger partial charge in [-0.3, -0.25) is 37.3 Å². The zero-order valence-electron chi connectivity index (χ0n) is 58.1. The minimum Gasteiger partial charge on any atom is -0.462 e. The number of rotatable bonds is 67. The molecule has 0 heterocycles. The number of hydrogen-bond donors (Lipinski definition) is 3. The van der Waals surface area contributed by atoms with E-state index in [1.54, 1.807) is 0 Å². The van der Waals surface area contributed by atoms with Crippen LogP contribution in [0.25, 0.3) is 0 Å². The maximum Gasteiger partial charge on any atom is 0.472 e. The smallest absolute Gasteiger partial charge is 0.462 e. The molecule has 19 heteroatoms. The van der Waals surface area contributed by atoms with Crippen molar-refractivity contribution in [2.45, 2.75) is 363 Å². The number of hydrogen-bond acceptors (Lipinski definition) is 15. The Morgan fingerprint density at radius 2 is 0.539 bits per heavy atom. The fourth-order valence-electron chi connectivity index (χ4n) is 10.5. The van der Waals surface area contributed by atoms with Gasteiger partial charge in [-0.2, -0.15) is 0 Å². The summed E-state index contributed by atoms with van der Waals surface area (Å²) in [6.45, 7) is 14.0. The molecule has 6 atom stereocenters. The van der Waals surface area contributed by atoms with Crippen molar-refractivity contribution in [2.24, 2.45) is 23.7 Å². The topological polar surface area (TPSA) is 237 Å². The standard InChI is InChI=1S/C70H136O17P2/c1-9-63(8)49-41-33-27-29-35-43-51-68(73)81-57-66(87-70(75)53-45-37-25-21-17-13-11-15-19-23-31-39-47-61(4)5)59-85-89(78,79)83-55-64(71)54-82-88(76,77)84-58-65(56-80-67(72)50-42-34-28-26-32-40-48-62(6)7)86-69(74)52-44-36-24-20-16-12-10-14-18-22-30-38-46-60(2)3/h60-66,71H,9-59H2,1-8H3,(H,76,77)(H,78,79)/t63?,64-,65-,66-/m1/s1. The molecule has 0 aromatic rings. The molecule has 0 saturated heterocycles. The van der Waals surface area contributed by atoms with Crippen LogP contribution in [0.3, 0.4) is 0 Å². The Labute approximate surface area is 543 Å². The largest absolute Gasteiger partial charge is 0.472 e. The summed E-state index contributed by atoms with van der Waals surface area (Å²) in [7, 11) is -9.90. The van der Waals surface area contributed by atoms with Crippen molar-refractivity contribution in [1.82, 2.24) is 0 Å². The molecule has 0 spiro atoms. The van der Waals surface area contributed by atoms with Crippen LogP contribution in [-0.4, -0.2) is 96.7 Å². The molecular weight excluding hydrogens is 1170 g/mol. The Bertz CT molecular complexity index is 1770. The van der Waals surface area contributed by atoms with E-state index in [-0.39, 0.29) is 25.7 Å². The van der Waals surface area contributed by atoms with Gasteiger partial charge in [-0.25, -0.2) is 9.13 Å². The molecule has 0 aliphatic rings. The lowest BCUT2D eigenvalue weighted by Crippen LogP contribution is -2.30. The predicted molar refractivity (Wildman–Crippen MR) is 358 cm³/mol. The van der Waals surface area contributed by atoms with E-state index in [4.69, 9.17) is 37.0 Å². The first kappa shape index (κ1) is 87.1. The van der Waals surface area contributed by atoms with E-state index < -0.39 is 97.5 Å². The highest BCUT2D eigenvalue weighted by Gasteiger charge is 2.30. The molecule has 0 bridgehead atoms. The third kappa shape index (κ3) is 63.2. The number of ether oxygens (including phenoxy) is 4. The maximum absolute atomic E-state index is 13.0. The lowest BCUT2D eigenvalue weighted by molar-refractivity contribution is -0.161. The number of aliphatic hydroxyl groups is 1. The zero-order valence-corrected chi connectivity index (χ0v) is 59.8. The highest BCUT2D eigenvalue weighted by atomic mass is 31.2. The summed E-state index contributed by atoms with van der Waals surface area (Å²) in [5.74, 6) is 0.832. The van der Waals surface area contributed by atoms with E-state index in [0.717, 1.165) is 120 Å². The van der Waals surface area contributed by atoms with Gasteiger partial charge < -0.3 is 33.8 Å². The normalized spacial score (nSPS) is 14.6. The van der Waals surface area contributed by atoms with Crippen molar-refractivity contribution < 1.29 is 80.2 Å². The predicted octanol–water partition coefficient (Wildman–Crippen LogP) is 19.7. The second-order valence-electron chi connectivity index (χ2n) is 26.9. The summed E-state index contributed by atoms with van der Waals surface area (Å²) in [5, 5.41) is 10.6. The second kappa shape index (κ2) is 59.8. The van der Waals surface area contributed by atoms with Gasteiger partial charge in [0.1, 0.15) is 19.3 Å². The maximum atomic E-state index is 13.0. The van der Waals surface area contributed by atoms with Crippen molar-refractivity contribution in [3.05, 3.63) is 0 Å². The van der Waals surface area contributed by atoms with Crippen molar-refractivity contribution in [3.8, 4) is 0 Å². The molecule has 17 nitrogen and oxygen atoms in total. The first-order chi connectivity index (χ1) is 42.6. The zero-order chi connectivity index (χ0) is 66.1. The highest BCUT2D eigenvalue weighted by Crippen LogP contribution is 2.45. The van der Waals surface area contributed by atoms with Crippen molar-refractivity contribution in [2.75, 3.05) is 39.6 Å². The molecule has 0 amide bonds. The molecule has 0 aromatic heterocycles. The average Bonchev–Trinajstić information content (AvgIpc) is 3.67. The molecule has 528 valence electrons. The van der Waals surface area contributed by atoms with Crippen molar-refractivity contribution in [3.63, 3.8) is 0 Å². The number of aliphatic hydroxyl groups excluding tert-OH is 1. The highest BCUT2D eigenvalue weighted by molar-refractivity contribution is 7.47. The van der Waals surface area contributed by atoms with Gasteiger partial charge in [-0.15, -0.1) is 0 Å². The van der Waals surface area contributed by atoms with Gasteiger partial charge in [0.05, 0.1) is 26.4 Å². The Hall–Kier alpha value is -1.94. The van der Waals surface area contributed by atoms with Crippen LogP contribution in [0, 0.1) is 23.7 Å². The summed E-state index contributed by atoms with van der Waals surface area (Å²) < 4.78 is 68.2. The molecule has 0 rings (SSSR count). The lowest BCUT2D eigenvalue weighted by Gasteiger charge is -2.21. The Morgan fingerprint density at radius 3 is 0.798 bits per heavy atom. The molecular formula is C70H136O17P2.